The molecule has 0 saturated carbocycles. The third kappa shape index (κ3) is 4.63. The van der Waals surface area contributed by atoms with E-state index in [0.717, 1.165) is 66.6 Å². The van der Waals surface area contributed by atoms with Gasteiger partial charge in [-0.05, 0) is 113 Å². The highest BCUT2D eigenvalue weighted by atomic mass is 19.1. The molecule has 3 nitrogen and oxygen atoms in total. The number of aromatic amines is 1. The molecule has 7 aromatic carbocycles. The first-order valence-corrected chi connectivity index (χ1v) is 18.0. The number of rotatable bonds is 4. The van der Waals surface area contributed by atoms with Crippen molar-refractivity contribution in [2.75, 3.05) is 4.90 Å². The fraction of sp³-hybridized carbons (Fsp3) is 0.0417. The summed E-state index contributed by atoms with van der Waals surface area (Å²) in [6, 6.07) is 50.4. The minimum Gasteiger partial charge on any atom is -0.355 e. The molecule has 1 N–H and O–H groups in total. The van der Waals surface area contributed by atoms with Gasteiger partial charge in [0.2, 0.25) is 0 Å². The molecule has 0 bridgehead atoms. The summed E-state index contributed by atoms with van der Waals surface area (Å²) in [4.78, 5) is 5.89. The van der Waals surface area contributed by atoms with Crippen molar-refractivity contribution in [3.8, 4) is 16.8 Å². The van der Waals surface area contributed by atoms with Crippen molar-refractivity contribution in [3.63, 3.8) is 0 Å². The van der Waals surface area contributed by atoms with Crippen LogP contribution in [0.1, 0.15) is 17.0 Å². The molecule has 0 spiro atoms. The monoisotopic (exact) mass is 687 g/mol. The predicted molar refractivity (Wildman–Crippen MR) is 214 cm³/mol. The summed E-state index contributed by atoms with van der Waals surface area (Å²) in [5, 5.41) is 4.60. The van der Waals surface area contributed by atoms with Gasteiger partial charge in [-0.15, -0.1) is 0 Å². The van der Waals surface area contributed by atoms with Gasteiger partial charge in [0.15, 0.2) is 0 Å². The van der Waals surface area contributed by atoms with Crippen molar-refractivity contribution >= 4 is 60.6 Å². The van der Waals surface area contributed by atoms with E-state index in [1.54, 1.807) is 24.3 Å². The highest BCUT2D eigenvalue weighted by molar-refractivity contribution is 6.12. The molecule has 1 aliphatic carbocycles. The molecule has 2 aromatic heterocycles. The number of hydrogen-bond donors (Lipinski definition) is 1. The van der Waals surface area contributed by atoms with Gasteiger partial charge in [0.1, 0.15) is 11.6 Å². The summed E-state index contributed by atoms with van der Waals surface area (Å²) < 4.78 is 30.8. The molecule has 2 unspecified atom stereocenters. The molecule has 0 fully saturated rings. The maximum Gasteiger partial charge on any atom is 0.125 e. The van der Waals surface area contributed by atoms with Crippen LogP contribution >= 0.6 is 0 Å². The number of benzene rings is 7. The van der Waals surface area contributed by atoms with Gasteiger partial charge in [0, 0.05) is 55.6 Å². The van der Waals surface area contributed by atoms with Crippen molar-refractivity contribution in [2.45, 2.75) is 12.0 Å². The van der Waals surface area contributed by atoms with Crippen LogP contribution < -0.4 is 4.90 Å². The summed E-state index contributed by atoms with van der Waals surface area (Å²) in [7, 11) is 0. The fourth-order valence-electron chi connectivity index (χ4n) is 8.77. The van der Waals surface area contributed by atoms with Gasteiger partial charge < -0.3 is 14.5 Å². The number of hydrogen-bond acceptors (Lipinski definition) is 1. The second-order valence-electron chi connectivity index (χ2n) is 14.1. The summed E-state index contributed by atoms with van der Waals surface area (Å²) in [5.41, 5.74) is 12.9. The molecule has 0 radical (unpaired) electrons. The molecule has 53 heavy (non-hydrogen) atoms. The largest absolute Gasteiger partial charge is 0.355 e. The van der Waals surface area contributed by atoms with Gasteiger partial charge in [-0.25, -0.2) is 8.78 Å². The summed E-state index contributed by atoms with van der Waals surface area (Å²) in [6.45, 7) is 0. The van der Waals surface area contributed by atoms with Crippen LogP contribution in [0.25, 0.3) is 66.0 Å². The molecule has 0 saturated heterocycles. The van der Waals surface area contributed by atoms with Crippen LogP contribution in [-0.2, 0) is 0 Å². The zero-order valence-electron chi connectivity index (χ0n) is 28.5. The van der Waals surface area contributed by atoms with Crippen LogP contribution in [0.4, 0.5) is 20.2 Å². The molecule has 1 aliphatic heterocycles. The third-order valence-electron chi connectivity index (χ3n) is 11.1. The quantitative estimate of drug-likeness (QED) is 0.196. The number of allylic oxidation sites excluding steroid dienone is 2. The Morgan fingerprint density at radius 3 is 1.96 bits per heavy atom. The first kappa shape index (κ1) is 30.0. The maximum atomic E-state index is 14.4. The predicted octanol–water partition coefficient (Wildman–Crippen LogP) is 12.6. The molecule has 3 heterocycles. The Morgan fingerprint density at radius 1 is 0.509 bits per heavy atom. The Hall–Kier alpha value is -6.72. The zero-order valence-corrected chi connectivity index (χ0v) is 28.5. The van der Waals surface area contributed by atoms with Crippen LogP contribution in [0.5, 0.6) is 0 Å². The molecular weight excluding hydrogens is 657 g/mol. The number of halogens is 2. The number of anilines is 2. The third-order valence-corrected chi connectivity index (χ3v) is 11.1. The number of nitrogens with one attached hydrogen (secondary N) is 1. The standard InChI is InChI=1S/C48H31F2N3/c49-33-7-5-9-35(27-33)52-45-13-3-1-11-37(45)41-25-31(17-21-47(41)52)29-15-19-43-39(23-29)40-24-30(16-20-44(40)51-43)32-18-22-48-42(26-32)38-12-2-4-14-46(38)53(48)36-10-6-8-34(50)28-36/h1-28,41,47,51H. The van der Waals surface area contributed by atoms with Gasteiger partial charge in [-0.2, -0.15) is 0 Å². The highest BCUT2D eigenvalue weighted by Gasteiger charge is 2.38. The minimum absolute atomic E-state index is 0.0672. The molecule has 0 amide bonds. The Kier molecular flexibility index (Phi) is 6.44. The second kappa shape index (κ2) is 11.4. The topological polar surface area (TPSA) is 24.0 Å². The lowest BCUT2D eigenvalue weighted by molar-refractivity contribution is 0.626. The summed E-state index contributed by atoms with van der Waals surface area (Å²) in [5.74, 6) is -0.346. The van der Waals surface area contributed by atoms with Gasteiger partial charge in [-0.1, -0.05) is 85.0 Å². The van der Waals surface area contributed by atoms with Crippen LogP contribution in [0.15, 0.2) is 170 Å². The first-order chi connectivity index (χ1) is 26.1. The van der Waals surface area contributed by atoms with E-state index in [9.17, 15) is 8.78 Å². The van der Waals surface area contributed by atoms with Crippen molar-refractivity contribution < 1.29 is 8.78 Å². The number of H-pyrrole nitrogens is 1. The Bertz CT molecular complexity index is 3020. The van der Waals surface area contributed by atoms with Gasteiger partial charge in [0.05, 0.1) is 17.1 Å². The molecule has 9 aromatic rings. The van der Waals surface area contributed by atoms with E-state index in [-0.39, 0.29) is 23.6 Å². The van der Waals surface area contributed by atoms with Crippen molar-refractivity contribution in [3.05, 3.63) is 193 Å². The number of nitrogens with zero attached hydrogens (tertiary/aromatic N) is 2. The van der Waals surface area contributed by atoms with Crippen LogP contribution in [0.2, 0.25) is 0 Å². The van der Waals surface area contributed by atoms with E-state index in [1.807, 2.05) is 18.2 Å². The van der Waals surface area contributed by atoms with E-state index in [0.29, 0.717) is 0 Å². The number of aromatic nitrogens is 2. The smallest absolute Gasteiger partial charge is 0.125 e. The average Bonchev–Trinajstić information content (AvgIpc) is 3.84. The minimum atomic E-state index is -0.253. The maximum absolute atomic E-state index is 14.4. The Balaban J connectivity index is 0.992. The molecule has 2 aliphatic rings. The summed E-state index contributed by atoms with van der Waals surface area (Å²) >= 11 is 0. The molecule has 252 valence electrons. The molecule has 2 atom stereocenters. The van der Waals surface area contributed by atoms with Crippen molar-refractivity contribution in [1.29, 1.82) is 0 Å². The van der Waals surface area contributed by atoms with Gasteiger partial charge in [-0.3, -0.25) is 0 Å². The Labute approximate surface area is 304 Å². The lowest BCUT2D eigenvalue weighted by atomic mass is 9.86. The fourth-order valence-corrected chi connectivity index (χ4v) is 8.77. The van der Waals surface area contributed by atoms with E-state index in [2.05, 4.69) is 130 Å². The molecular formula is C48H31F2N3. The zero-order chi connectivity index (χ0) is 35.2. The van der Waals surface area contributed by atoms with E-state index >= 15 is 0 Å². The van der Waals surface area contributed by atoms with Gasteiger partial charge in [0.25, 0.3) is 0 Å². The second-order valence-corrected chi connectivity index (χ2v) is 14.1. The Morgan fingerprint density at radius 2 is 1.15 bits per heavy atom. The SMILES string of the molecule is Fc1cccc(N2c3ccccc3C3C=C(c4ccc5[nH]c6ccc(-c7ccc8c(c7)c7ccccc7n8-c7cccc(F)c7)cc6c5c4)C=CC32)c1. The number of fused-ring (bicyclic) bond motifs is 9. The van der Waals surface area contributed by atoms with Crippen molar-refractivity contribution in [1.82, 2.24) is 9.55 Å². The lowest BCUT2D eigenvalue weighted by Crippen LogP contribution is -2.29. The lowest BCUT2D eigenvalue weighted by Gasteiger charge is -2.29. The van der Waals surface area contributed by atoms with Crippen LogP contribution in [-0.4, -0.2) is 15.6 Å². The van der Waals surface area contributed by atoms with E-state index in [4.69, 9.17) is 0 Å². The summed E-state index contributed by atoms with van der Waals surface area (Å²) in [6.07, 6.45) is 6.86. The first-order valence-electron chi connectivity index (χ1n) is 18.0. The highest BCUT2D eigenvalue weighted by Crippen LogP contribution is 2.49. The van der Waals surface area contributed by atoms with E-state index < -0.39 is 0 Å². The molecule has 5 heteroatoms. The molecule has 11 rings (SSSR count). The van der Waals surface area contributed by atoms with Crippen molar-refractivity contribution in [2.24, 2.45) is 0 Å². The average molecular weight is 688 g/mol. The van der Waals surface area contributed by atoms with Crippen LogP contribution in [0, 0.1) is 11.6 Å². The normalized spacial score (nSPS) is 16.5. The van der Waals surface area contributed by atoms with E-state index in [1.165, 1.54) is 34.0 Å². The van der Waals surface area contributed by atoms with Crippen LogP contribution in [0.3, 0.4) is 0 Å². The van der Waals surface area contributed by atoms with Gasteiger partial charge >= 0.3 is 0 Å². The number of para-hydroxylation sites is 2.